The lowest BCUT2D eigenvalue weighted by atomic mass is 9.80. The Balaban J connectivity index is 0.000000214. The number of hydrogen-bond acceptors (Lipinski definition) is 5. The highest BCUT2D eigenvalue weighted by molar-refractivity contribution is 9.10. The number of carbonyl (C=O) groups is 2. The van der Waals surface area contributed by atoms with Crippen LogP contribution in [-0.4, -0.2) is 51.5 Å². The molecule has 0 unspecified atom stereocenters. The van der Waals surface area contributed by atoms with E-state index in [2.05, 4.69) is 31.9 Å². The second-order valence-corrected chi connectivity index (χ2v) is 17.8. The highest BCUT2D eigenvalue weighted by Crippen LogP contribution is 2.44. The van der Waals surface area contributed by atoms with Crippen LogP contribution in [0.25, 0.3) is 0 Å². The number of halogens is 5. The maximum atomic E-state index is 14.6. The van der Waals surface area contributed by atoms with E-state index in [9.17, 15) is 27.9 Å². The predicted molar refractivity (Wildman–Crippen MR) is 218 cm³/mol. The van der Waals surface area contributed by atoms with E-state index in [1.165, 1.54) is 38.1 Å². The van der Waals surface area contributed by atoms with E-state index in [0.29, 0.717) is 37.1 Å². The first-order chi connectivity index (χ1) is 26.2. The van der Waals surface area contributed by atoms with E-state index in [0.717, 1.165) is 20.1 Å². The van der Waals surface area contributed by atoms with Crippen LogP contribution in [0.2, 0.25) is 0 Å². The zero-order valence-corrected chi connectivity index (χ0v) is 35.7. The largest absolute Gasteiger partial charge is 0.438 e. The van der Waals surface area contributed by atoms with Crippen molar-refractivity contribution in [2.45, 2.75) is 102 Å². The topological polar surface area (TPSA) is 79.3 Å². The number of rotatable bonds is 10. The number of benzene rings is 4. The average Bonchev–Trinajstić information content (AvgIpc) is 3.11. The molecular formula is C44H49Br2F3N2O5. The van der Waals surface area contributed by atoms with Gasteiger partial charge < -0.3 is 24.4 Å². The number of hydrogen-bond donors (Lipinski definition) is 1. The van der Waals surface area contributed by atoms with E-state index in [4.69, 9.17) is 9.47 Å². The maximum absolute atomic E-state index is 14.6. The van der Waals surface area contributed by atoms with Gasteiger partial charge >= 0.3 is 12.2 Å². The molecule has 2 aliphatic heterocycles. The van der Waals surface area contributed by atoms with Crippen LogP contribution in [0.5, 0.6) is 0 Å². The number of cyclic esters (lactones) is 2. The Bertz CT molecular complexity index is 1810. The lowest BCUT2D eigenvalue weighted by molar-refractivity contribution is -0.101. The minimum Gasteiger partial charge on any atom is -0.438 e. The standard InChI is InChI=1S/C22H24BrF2NO2.C22H25BrFNO3/c1-15(16-4-8-18(23)9-5-16)26-13-12-22(28-20(26)27,14-21(2,3)25)17-6-10-19(24)11-7-17;1-15(16-4-8-18(23)9-5-16)25-13-12-22(28-20(25)26,14-21(2,3)27)17-6-10-19(24)11-7-17/h4-11,15H,12-14H2,1-3H3;4-11,15,27H,12-14H2,1-3H3/t2*15-,22-/m00/s1. The molecule has 2 fully saturated rings. The minimum absolute atomic E-state index is 0.0118. The molecule has 56 heavy (non-hydrogen) atoms. The molecule has 0 bridgehead atoms. The summed E-state index contributed by atoms with van der Waals surface area (Å²) in [5.74, 6) is -0.735. The van der Waals surface area contributed by atoms with Gasteiger partial charge in [0.15, 0.2) is 0 Å². The fraction of sp³-hybridized carbons (Fsp3) is 0.409. The Kier molecular flexibility index (Phi) is 13.4. The average molecular weight is 903 g/mol. The summed E-state index contributed by atoms with van der Waals surface area (Å²) >= 11 is 6.83. The summed E-state index contributed by atoms with van der Waals surface area (Å²) in [5.41, 5.74) is -1.39. The molecule has 12 heteroatoms. The van der Waals surface area contributed by atoms with Crippen LogP contribution in [0, 0.1) is 11.6 Å². The molecule has 4 aromatic rings. The molecule has 0 aliphatic carbocycles. The first kappa shape index (κ1) is 43.3. The highest BCUT2D eigenvalue weighted by atomic mass is 79.9. The highest BCUT2D eigenvalue weighted by Gasteiger charge is 2.48. The Hall–Kier alpha value is -3.87. The van der Waals surface area contributed by atoms with Gasteiger partial charge in [-0.1, -0.05) is 80.4 Å². The Morgan fingerprint density at radius 1 is 0.643 bits per heavy atom. The van der Waals surface area contributed by atoms with Gasteiger partial charge in [0, 0.05) is 47.7 Å². The van der Waals surface area contributed by atoms with Gasteiger partial charge in [0.1, 0.15) is 28.5 Å². The third-order valence-electron chi connectivity index (χ3n) is 10.4. The quantitative estimate of drug-likeness (QED) is 0.171. The molecule has 0 radical (unpaired) electrons. The van der Waals surface area contributed by atoms with Crippen LogP contribution in [0.15, 0.2) is 106 Å². The van der Waals surface area contributed by atoms with Gasteiger partial charge in [-0.15, -0.1) is 0 Å². The summed E-state index contributed by atoms with van der Waals surface area (Å²) < 4.78 is 55.1. The van der Waals surface area contributed by atoms with Crippen molar-refractivity contribution in [3.63, 3.8) is 0 Å². The number of nitrogens with zero attached hydrogens (tertiary/aromatic N) is 2. The van der Waals surface area contributed by atoms with Crippen molar-refractivity contribution in [3.05, 3.63) is 140 Å². The molecule has 0 spiro atoms. The molecule has 6 rings (SSSR count). The summed E-state index contributed by atoms with van der Waals surface area (Å²) in [5, 5.41) is 10.4. The van der Waals surface area contributed by atoms with Crippen molar-refractivity contribution in [2.75, 3.05) is 13.1 Å². The van der Waals surface area contributed by atoms with Gasteiger partial charge in [-0.2, -0.15) is 0 Å². The van der Waals surface area contributed by atoms with Gasteiger partial charge in [-0.3, -0.25) is 0 Å². The first-order valence-electron chi connectivity index (χ1n) is 18.6. The number of alkyl halides is 1. The normalized spacial score (nSPS) is 21.4. The molecule has 2 saturated heterocycles. The van der Waals surface area contributed by atoms with Crippen LogP contribution < -0.4 is 0 Å². The molecule has 1 N–H and O–H groups in total. The van der Waals surface area contributed by atoms with Gasteiger partial charge in [0.05, 0.1) is 17.7 Å². The Morgan fingerprint density at radius 3 is 1.29 bits per heavy atom. The van der Waals surface area contributed by atoms with E-state index >= 15 is 0 Å². The number of ether oxygens (including phenoxy) is 2. The molecular weight excluding hydrogens is 853 g/mol. The zero-order valence-electron chi connectivity index (χ0n) is 32.5. The molecule has 4 aromatic carbocycles. The summed E-state index contributed by atoms with van der Waals surface area (Å²) in [4.78, 5) is 29.2. The molecule has 2 amide bonds. The van der Waals surface area contributed by atoms with Crippen molar-refractivity contribution in [3.8, 4) is 0 Å². The van der Waals surface area contributed by atoms with Crippen molar-refractivity contribution < 1.29 is 37.3 Å². The maximum Gasteiger partial charge on any atom is 0.411 e. The molecule has 0 saturated carbocycles. The van der Waals surface area contributed by atoms with Crippen molar-refractivity contribution in [1.82, 2.24) is 9.80 Å². The van der Waals surface area contributed by atoms with E-state index in [1.54, 1.807) is 47.9 Å². The third-order valence-corrected chi connectivity index (χ3v) is 11.4. The van der Waals surface area contributed by atoms with Crippen LogP contribution in [0.4, 0.5) is 22.8 Å². The molecule has 4 atom stereocenters. The van der Waals surface area contributed by atoms with E-state index in [1.807, 2.05) is 62.4 Å². The second-order valence-electron chi connectivity index (χ2n) is 16.0. The van der Waals surface area contributed by atoms with Gasteiger partial charge in [-0.05, 0) is 112 Å². The monoisotopic (exact) mass is 900 g/mol. The lowest BCUT2D eigenvalue weighted by Gasteiger charge is -2.45. The fourth-order valence-corrected chi connectivity index (χ4v) is 8.16. The van der Waals surface area contributed by atoms with Crippen LogP contribution >= 0.6 is 31.9 Å². The molecule has 300 valence electrons. The first-order valence-corrected chi connectivity index (χ1v) is 20.2. The van der Waals surface area contributed by atoms with Crippen molar-refractivity contribution in [2.24, 2.45) is 0 Å². The Morgan fingerprint density at radius 2 is 0.982 bits per heavy atom. The van der Waals surface area contributed by atoms with Crippen molar-refractivity contribution >= 4 is 44.0 Å². The summed E-state index contributed by atoms with van der Waals surface area (Å²) in [7, 11) is 0. The fourth-order valence-electron chi connectivity index (χ4n) is 7.63. The summed E-state index contributed by atoms with van der Waals surface area (Å²) in [6.07, 6.45) is 0.259. The zero-order chi connectivity index (χ0) is 41.1. The number of carbonyl (C=O) groups excluding carboxylic acids is 2. The van der Waals surface area contributed by atoms with Crippen molar-refractivity contribution in [1.29, 1.82) is 0 Å². The number of amides is 2. The summed E-state index contributed by atoms with van der Waals surface area (Å²) in [6.45, 7) is 11.1. The van der Waals surface area contributed by atoms with E-state index < -0.39 is 34.7 Å². The summed E-state index contributed by atoms with van der Waals surface area (Å²) in [6, 6.07) is 27.0. The second kappa shape index (κ2) is 17.3. The van der Waals surface area contributed by atoms with E-state index in [-0.39, 0.29) is 36.6 Å². The van der Waals surface area contributed by atoms with Crippen LogP contribution in [-0.2, 0) is 20.7 Å². The third kappa shape index (κ3) is 10.7. The van der Waals surface area contributed by atoms with Gasteiger partial charge in [0.25, 0.3) is 0 Å². The molecule has 2 heterocycles. The van der Waals surface area contributed by atoms with Crippen LogP contribution in [0.3, 0.4) is 0 Å². The Labute approximate surface area is 344 Å². The van der Waals surface area contributed by atoms with Gasteiger partial charge in [0.2, 0.25) is 0 Å². The van der Waals surface area contributed by atoms with Gasteiger partial charge in [-0.25, -0.2) is 22.8 Å². The molecule has 2 aliphatic rings. The SMILES string of the molecule is C[C@@H](c1ccc(Br)cc1)N1CC[C@](CC(C)(C)F)(c2ccc(F)cc2)OC1=O.C[C@@H](c1ccc(Br)cc1)N1CC[C@](CC(C)(C)O)(c2ccc(F)cc2)OC1=O. The lowest BCUT2D eigenvalue weighted by Crippen LogP contribution is -2.51. The van der Waals surface area contributed by atoms with Crippen LogP contribution in [0.1, 0.15) is 102 Å². The smallest absolute Gasteiger partial charge is 0.411 e. The predicted octanol–water partition coefficient (Wildman–Crippen LogP) is 12.1. The molecule has 7 nitrogen and oxygen atoms in total. The number of aliphatic hydroxyl groups is 1. The molecule has 0 aromatic heterocycles. The minimum atomic E-state index is -1.55.